The normalized spacial score (nSPS) is 16.5. The van der Waals surface area contributed by atoms with Gasteiger partial charge in [-0.2, -0.15) is 0 Å². The highest BCUT2D eigenvalue weighted by atomic mass is 32.2. The molecule has 5 nitrogen and oxygen atoms in total. The molecule has 1 saturated heterocycles. The molecule has 1 fully saturated rings. The van der Waals surface area contributed by atoms with E-state index in [1.807, 2.05) is 31.2 Å². The smallest absolute Gasteiger partial charge is 0.341 e. The molecular weight excluding hydrogens is 358 g/mol. The molecule has 1 amide bonds. The van der Waals surface area contributed by atoms with Crippen LogP contribution in [0.15, 0.2) is 34.8 Å². The molecule has 1 aliphatic heterocycles. The predicted molar refractivity (Wildman–Crippen MR) is 104 cm³/mol. The maximum absolute atomic E-state index is 11.8. The number of benzene rings is 1. The number of thiocarbonyl (C=S) groups is 1. The SMILES string of the molecule is CC(/C=C/c1cc(C(C)C)ccc1OCC(=O)O)=C1\SC(=S)NC1=O. The Balaban J connectivity index is 2.33. The fourth-order valence-corrected chi connectivity index (χ4v) is 3.24. The number of amides is 1. The Morgan fingerprint density at radius 3 is 2.72 bits per heavy atom. The predicted octanol–water partition coefficient (Wildman–Crippen LogP) is 3.71. The second kappa shape index (κ2) is 8.31. The number of carboxylic acid groups (broad SMARTS) is 1. The maximum atomic E-state index is 11.8. The standard InChI is InChI=1S/C18H19NO4S2/c1-10(2)12-6-7-14(23-9-15(20)21)13(8-12)5-4-11(3)16-17(22)19-18(24)25-16/h4-8,10H,9H2,1-3H3,(H,20,21)(H,19,22,24)/b5-4+,16-11+. The Hall–Kier alpha value is -2.12. The molecule has 0 atom stereocenters. The number of carbonyl (C=O) groups excluding carboxylic acids is 1. The number of rotatable bonds is 6. The van der Waals surface area contributed by atoms with Gasteiger partial charge in [0.25, 0.3) is 5.91 Å². The zero-order valence-corrected chi connectivity index (χ0v) is 15.8. The first kappa shape index (κ1) is 19.2. The minimum Gasteiger partial charge on any atom is -0.481 e. The van der Waals surface area contributed by atoms with Crippen LogP contribution in [0.5, 0.6) is 5.75 Å². The van der Waals surface area contributed by atoms with E-state index in [-0.39, 0.29) is 5.91 Å². The van der Waals surface area contributed by atoms with Gasteiger partial charge in [-0.1, -0.05) is 56.0 Å². The van der Waals surface area contributed by atoms with E-state index in [2.05, 4.69) is 19.2 Å². The first-order valence-electron chi connectivity index (χ1n) is 7.68. The van der Waals surface area contributed by atoms with Crippen molar-refractivity contribution in [3.63, 3.8) is 0 Å². The lowest BCUT2D eigenvalue weighted by molar-refractivity contribution is -0.139. The van der Waals surface area contributed by atoms with Crippen LogP contribution in [-0.4, -0.2) is 27.9 Å². The zero-order chi connectivity index (χ0) is 18.6. The van der Waals surface area contributed by atoms with Crippen LogP contribution in [0, 0.1) is 0 Å². The molecule has 0 saturated carbocycles. The molecule has 2 N–H and O–H groups in total. The molecule has 1 aromatic carbocycles. The number of nitrogens with one attached hydrogen (secondary N) is 1. The fraction of sp³-hybridized carbons (Fsp3) is 0.278. The summed E-state index contributed by atoms with van der Waals surface area (Å²) in [5.74, 6) is -0.419. The van der Waals surface area contributed by atoms with Crippen LogP contribution in [0.2, 0.25) is 0 Å². The molecule has 0 aliphatic carbocycles. The second-order valence-electron chi connectivity index (χ2n) is 5.82. The first-order chi connectivity index (χ1) is 11.8. The molecule has 0 unspecified atom stereocenters. The summed E-state index contributed by atoms with van der Waals surface area (Å²) in [6.07, 6.45) is 3.63. The summed E-state index contributed by atoms with van der Waals surface area (Å²) >= 11 is 6.23. The summed E-state index contributed by atoms with van der Waals surface area (Å²) in [6, 6.07) is 5.65. The molecule has 25 heavy (non-hydrogen) atoms. The lowest BCUT2D eigenvalue weighted by Crippen LogP contribution is -2.18. The van der Waals surface area contributed by atoms with E-state index in [0.717, 1.165) is 16.7 Å². The molecular formula is C18H19NO4S2. The van der Waals surface area contributed by atoms with Crippen molar-refractivity contribution >= 4 is 46.3 Å². The Morgan fingerprint density at radius 2 is 2.16 bits per heavy atom. The van der Waals surface area contributed by atoms with Crippen LogP contribution in [0.1, 0.15) is 37.8 Å². The van der Waals surface area contributed by atoms with Crippen LogP contribution in [0.4, 0.5) is 0 Å². The van der Waals surface area contributed by atoms with Crippen LogP contribution >= 0.6 is 24.0 Å². The largest absolute Gasteiger partial charge is 0.481 e. The lowest BCUT2D eigenvalue weighted by atomic mass is 9.99. The van der Waals surface area contributed by atoms with Gasteiger partial charge in [0.1, 0.15) is 10.1 Å². The van der Waals surface area contributed by atoms with Gasteiger partial charge < -0.3 is 15.2 Å². The average molecular weight is 377 g/mol. The van der Waals surface area contributed by atoms with Crippen molar-refractivity contribution in [2.45, 2.75) is 26.7 Å². The summed E-state index contributed by atoms with van der Waals surface area (Å²) in [5, 5.41) is 11.4. The Morgan fingerprint density at radius 1 is 1.44 bits per heavy atom. The molecule has 0 radical (unpaired) electrons. The third kappa shape index (κ3) is 5.17. The van der Waals surface area contributed by atoms with Gasteiger partial charge in [0.2, 0.25) is 0 Å². The van der Waals surface area contributed by atoms with Crippen molar-refractivity contribution in [3.05, 3.63) is 45.9 Å². The van der Waals surface area contributed by atoms with Gasteiger partial charge in [0, 0.05) is 5.56 Å². The summed E-state index contributed by atoms with van der Waals surface area (Å²) < 4.78 is 5.80. The van der Waals surface area contributed by atoms with Gasteiger partial charge >= 0.3 is 5.97 Å². The molecule has 1 aliphatic rings. The summed E-state index contributed by atoms with van der Waals surface area (Å²) in [4.78, 5) is 23.1. The molecule has 0 bridgehead atoms. The molecule has 0 spiro atoms. The van der Waals surface area contributed by atoms with Crippen LogP contribution in [0.3, 0.4) is 0 Å². The van der Waals surface area contributed by atoms with Crippen LogP contribution < -0.4 is 10.1 Å². The van der Waals surface area contributed by atoms with Gasteiger partial charge in [-0.3, -0.25) is 4.79 Å². The minimum atomic E-state index is -1.03. The molecule has 7 heteroatoms. The van der Waals surface area contributed by atoms with Crippen molar-refractivity contribution in [3.8, 4) is 5.75 Å². The first-order valence-corrected chi connectivity index (χ1v) is 8.91. The maximum Gasteiger partial charge on any atom is 0.341 e. The molecule has 132 valence electrons. The van der Waals surface area contributed by atoms with Crippen LogP contribution in [-0.2, 0) is 9.59 Å². The highest BCUT2D eigenvalue weighted by molar-refractivity contribution is 8.26. The van der Waals surface area contributed by atoms with Crippen molar-refractivity contribution in [2.24, 2.45) is 0 Å². The van der Waals surface area contributed by atoms with Crippen LogP contribution in [0.25, 0.3) is 6.08 Å². The van der Waals surface area contributed by atoms with E-state index in [9.17, 15) is 9.59 Å². The third-order valence-corrected chi connectivity index (χ3v) is 4.89. The van der Waals surface area contributed by atoms with E-state index in [0.29, 0.717) is 20.9 Å². The Labute approximate surface area is 156 Å². The zero-order valence-electron chi connectivity index (χ0n) is 14.2. The Kier molecular flexibility index (Phi) is 6.39. The van der Waals surface area contributed by atoms with Crippen molar-refractivity contribution in [2.75, 3.05) is 6.61 Å². The van der Waals surface area contributed by atoms with E-state index in [1.165, 1.54) is 11.8 Å². The average Bonchev–Trinajstić information content (AvgIpc) is 2.89. The van der Waals surface area contributed by atoms with E-state index < -0.39 is 12.6 Å². The lowest BCUT2D eigenvalue weighted by Gasteiger charge is -2.12. The molecule has 1 heterocycles. The Bertz CT molecular complexity index is 781. The number of allylic oxidation sites excluding steroid dienone is 2. The monoisotopic (exact) mass is 377 g/mol. The number of hydrogen-bond donors (Lipinski definition) is 2. The number of aliphatic carboxylic acids is 1. The number of thioether (sulfide) groups is 1. The summed E-state index contributed by atoms with van der Waals surface area (Å²) in [7, 11) is 0. The van der Waals surface area contributed by atoms with Gasteiger partial charge in [-0.25, -0.2) is 4.79 Å². The molecule has 2 rings (SSSR count). The van der Waals surface area contributed by atoms with Crippen molar-refractivity contribution < 1.29 is 19.4 Å². The van der Waals surface area contributed by atoms with E-state index in [1.54, 1.807) is 6.07 Å². The number of carboxylic acids is 1. The second-order valence-corrected chi connectivity index (χ2v) is 7.51. The third-order valence-electron chi connectivity index (χ3n) is 3.54. The van der Waals surface area contributed by atoms with Crippen molar-refractivity contribution in [1.29, 1.82) is 0 Å². The number of ether oxygens (including phenoxy) is 1. The fourth-order valence-electron chi connectivity index (χ4n) is 2.19. The summed E-state index contributed by atoms with van der Waals surface area (Å²) in [5.41, 5.74) is 2.65. The summed E-state index contributed by atoms with van der Waals surface area (Å²) in [6.45, 7) is 5.58. The minimum absolute atomic E-state index is 0.199. The topological polar surface area (TPSA) is 75.6 Å². The van der Waals surface area contributed by atoms with E-state index >= 15 is 0 Å². The molecule has 0 aromatic heterocycles. The number of carbonyl (C=O) groups is 2. The highest BCUT2D eigenvalue weighted by Crippen LogP contribution is 2.29. The number of hydrogen-bond acceptors (Lipinski definition) is 5. The van der Waals surface area contributed by atoms with Crippen molar-refractivity contribution in [1.82, 2.24) is 5.32 Å². The van der Waals surface area contributed by atoms with Gasteiger partial charge in [-0.05, 0) is 36.1 Å². The van der Waals surface area contributed by atoms with Gasteiger partial charge in [0.05, 0.1) is 4.91 Å². The van der Waals surface area contributed by atoms with E-state index in [4.69, 9.17) is 22.1 Å². The molecule has 1 aromatic rings. The highest BCUT2D eigenvalue weighted by Gasteiger charge is 2.23. The quantitative estimate of drug-likeness (QED) is 0.581. The van der Waals surface area contributed by atoms with Gasteiger partial charge in [-0.15, -0.1) is 0 Å². The van der Waals surface area contributed by atoms with Gasteiger partial charge in [0.15, 0.2) is 6.61 Å².